The first kappa shape index (κ1) is 35.7. The Morgan fingerprint density at radius 2 is 0.871 bits per heavy atom. The zero-order valence-electron chi connectivity index (χ0n) is 33.9. The van der Waals surface area contributed by atoms with Crippen molar-refractivity contribution in [3.63, 3.8) is 0 Å². The van der Waals surface area contributed by atoms with Crippen molar-refractivity contribution in [3.8, 4) is 44.5 Å². The summed E-state index contributed by atoms with van der Waals surface area (Å²) in [6.45, 7) is 0. The molecule has 2 nitrogen and oxygen atoms in total. The molecule has 0 unspecified atom stereocenters. The third-order valence-electron chi connectivity index (χ3n) is 12.5. The number of fused-ring (bicyclic) bond motifs is 7. The minimum Gasteiger partial charge on any atom is -0.456 e. The van der Waals surface area contributed by atoms with E-state index in [-0.39, 0.29) is 0 Å². The van der Waals surface area contributed by atoms with Crippen LogP contribution in [0.5, 0.6) is 0 Å². The van der Waals surface area contributed by atoms with Crippen LogP contribution in [0, 0.1) is 0 Å². The standard InChI is InChI=1S/C60H39NO/c1-3-15-40(16-4-1)46-32-36-57(54(37-46)41-17-5-2-6-18-41)61(47-33-29-43(30-34-47)49-24-13-25-50-48-22-10-9-19-42(48)31-35-51(49)50)56-27-12-11-23-52(56)53-26-14-28-58-60(53)55-38-44-20-7-8-21-45(44)39-59(55)62-58/h1-39H. The number of benzene rings is 11. The highest BCUT2D eigenvalue weighted by atomic mass is 16.3. The molecule has 0 amide bonds. The molecule has 0 aliphatic heterocycles. The zero-order valence-corrected chi connectivity index (χ0v) is 33.9. The summed E-state index contributed by atoms with van der Waals surface area (Å²) in [6, 6.07) is 85.6. The Hall–Kier alpha value is -8.20. The van der Waals surface area contributed by atoms with E-state index in [4.69, 9.17) is 4.42 Å². The first-order valence-corrected chi connectivity index (χ1v) is 21.2. The fourth-order valence-electron chi connectivity index (χ4n) is 9.51. The molecule has 0 aliphatic rings. The SMILES string of the molecule is c1ccc(-c2ccc(N(c3ccc(-c4cccc5c4ccc4ccccc45)cc3)c3ccccc3-c3cccc4oc5cc6ccccc6cc5c34)c(-c3ccccc3)c2)cc1. The van der Waals surface area contributed by atoms with Gasteiger partial charge in [0.25, 0.3) is 0 Å². The Balaban J connectivity index is 1.09. The monoisotopic (exact) mass is 789 g/mol. The molecule has 290 valence electrons. The van der Waals surface area contributed by atoms with Gasteiger partial charge in [-0.25, -0.2) is 0 Å². The molecular formula is C60H39NO. The molecule has 0 N–H and O–H groups in total. The molecule has 62 heavy (non-hydrogen) atoms. The van der Waals surface area contributed by atoms with Crippen LogP contribution < -0.4 is 4.90 Å². The molecule has 1 heterocycles. The molecule has 11 aromatic carbocycles. The van der Waals surface area contributed by atoms with Crippen molar-refractivity contribution in [2.24, 2.45) is 0 Å². The summed E-state index contributed by atoms with van der Waals surface area (Å²) >= 11 is 0. The fourth-order valence-corrected chi connectivity index (χ4v) is 9.51. The molecule has 2 heteroatoms. The molecule has 0 spiro atoms. The van der Waals surface area contributed by atoms with Crippen LogP contribution in [0.4, 0.5) is 17.1 Å². The number of furan rings is 1. The Kier molecular flexibility index (Phi) is 8.53. The molecule has 0 radical (unpaired) electrons. The number of hydrogen-bond acceptors (Lipinski definition) is 2. The second-order valence-electron chi connectivity index (χ2n) is 16.0. The van der Waals surface area contributed by atoms with E-state index in [1.807, 2.05) is 0 Å². The van der Waals surface area contributed by atoms with Crippen LogP contribution in [-0.4, -0.2) is 0 Å². The van der Waals surface area contributed by atoms with E-state index >= 15 is 0 Å². The lowest BCUT2D eigenvalue weighted by molar-refractivity contribution is 0.669. The van der Waals surface area contributed by atoms with Gasteiger partial charge in [-0.2, -0.15) is 0 Å². The van der Waals surface area contributed by atoms with Crippen LogP contribution in [0.15, 0.2) is 241 Å². The van der Waals surface area contributed by atoms with Gasteiger partial charge in [0.05, 0.1) is 11.4 Å². The summed E-state index contributed by atoms with van der Waals surface area (Å²) in [7, 11) is 0. The predicted molar refractivity (Wildman–Crippen MR) is 263 cm³/mol. The lowest BCUT2D eigenvalue weighted by atomic mass is 9.93. The average molecular weight is 790 g/mol. The van der Waals surface area contributed by atoms with E-state index in [1.165, 1.54) is 54.6 Å². The molecule has 0 bridgehead atoms. The normalized spacial score (nSPS) is 11.5. The summed E-state index contributed by atoms with van der Waals surface area (Å²) in [4.78, 5) is 2.45. The van der Waals surface area contributed by atoms with Gasteiger partial charge in [-0.1, -0.05) is 188 Å². The largest absolute Gasteiger partial charge is 0.456 e. The number of nitrogens with zero attached hydrogens (tertiary/aromatic N) is 1. The number of para-hydroxylation sites is 1. The molecule has 0 aliphatic carbocycles. The van der Waals surface area contributed by atoms with E-state index in [0.717, 1.165) is 61.3 Å². The van der Waals surface area contributed by atoms with E-state index < -0.39 is 0 Å². The van der Waals surface area contributed by atoms with E-state index in [1.54, 1.807) is 0 Å². The highest BCUT2D eigenvalue weighted by Crippen LogP contribution is 2.48. The third kappa shape index (κ3) is 6.04. The van der Waals surface area contributed by atoms with Crippen molar-refractivity contribution in [3.05, 3.63) is 237 Å². The van der Waals surface area contributed by atoms with Gasteiger partial charge in [-0.15, -0.1) is 0 Å². The summed E-state index contributed by atoms with van der Waals surface area (Å²) in [6.07, 6.45) is 0. The Morgan fingerprint density at radius 3 is 1.69 bits per heavy atom. The van der Waals surface area contributed by atoms with Crippen LogP contribution in [0.2, 0.25) is 0 Å². The van der Waals surface area contributed by atoms with Gasteiger partial charge < -0.3 is 9.32 Å². The van der Waals surface area contributed by atoms with Crippen LogP contribution in [0.3, 0.4) is 0 Å². The molecule has 0 atom stereocenters. The number of hydrogen-bond donors (Lipinski definition) is 0. The van der Waals surface area contributed by atoms with Gasteiger partial charge in [-0.3, -0.25) is 0 Å². The maximum absolute atomic E-state index is 6.62. The highest BCUT2D eigenvalue weighted by Gasteiger charge is 2.23. The highest BCUT2D eigenvalue weighted by molar-refractivity contribution is 6.17. The second kappa shape index (κ2) is 14.8. The quantitative estimate of drug-likeness (QED) is 0.150. The first-order chi connectivity index (χ1) is 30.7. The van der Waals surface area contributed by atoms with Crippen molar-refractivity contribution in [2.75, 3.05) is 4.90 Å². The predicted octanol–water partition coefficient (Wildman–Crippen LogP) is 17.2. The average Bonchev–Trinajstić information content (AvgIpc) is 3.71. The van der Waals surface area contributed by atoms with Gasteiger partial charge in [0.1, 0.15) is 11.2 Å². The van der Waals surface area contributed by atoms with Crippen molar-refractivity contribution >= 4 is 71.3 Å². The molecule has 12 aromatic rings. The smallest absolute Gasteiger partial charge is 0.136 e. The summed E-state index contributed by atoms with van der Waals surface area (Å²) < 4.78 is 6.62. The van der Waals surface area contributed by atoms with Crippen molar-refractivity contribution < 1.29 is 4.42 Å². The minimum absolute atomic E-state index is 0.874. The maximum atomic E-state index is 6.62. The number of anilines is 3. The molecular weight excluding hydrogens is 751 g/mol. The molecule has 1 aromatic heterocycles. The summed E-state index contributed by atoms with van der Waals surface area (Å²) in [5.41, 5.74) is 14.3. The first-order valence-electron chi connectivity index (χ1n) is 21.2. The number of rotatable bonds is 7. The van der Waals surface area contributed by atoms with Gasteiger partial charge in [-0.05, 0) is 114 Å². The minimum atomic E-state index is 0.874. The zero-order chi connectivity index (χ0) is 41.0. The third-order valence-corrected chi connectivity index (χ3v) is 12.5. The fraction of sp³-hybridized carbons (Fsp3) is 0. The Labute approximate surface area is 360 Å². The topological polar surface area (TPSA) is 16.4 Å². The maximum Gasteiger partial charge on any atom is 0.136 e. The van der Waals surface area contributed by atoms with Crippen molar-refractivity contribution in [1.29, 1.82) is 0 Å². The summed E-state index contributed by atoms with van der Waals surface area (Å²) in [5, 5.41) is 9.62. The van der Waals surface area contributed by atoms with Crippen LogP contribution >= 0.6 is 0 Å². The van der Waals surface area contributed by atoms with E-state index in [0.29, 0.717) is 0 Å². The molecule has 12 rings (SSSR count). The van der Waals surface area contributed by atoms with Crippen LogP contribution in [-0.2, 0) is 0 Å². The second-order valence-corrected chi connectivity index (χ2v) is 16.0. The van der Waals surface area contributed by atoms with E-state index in [9.17, 15) is 0 Å². The van der Waals surface area contributed by atoms with Gasteiger partial charge >= 0.3 is 0 Å². The lowest BCUT2D eigenvalue weighted by Crippen LogP contribution is -2.12. The van der Waals surface area contributed by atoms with Crippen molar-refractivity contribution in [1.82, 2.24) is 0 Å². The van der Waals surface area contributed by atoms with Gasteiger partial charge in [0.2, 0.25) is 0 Å². The van der Waals surface area contributed by atoms with Crippen molar-refractivity contribution in [2.45, 2.75) is 0 Å². The molecule has 0 fully saturated rings. The Morgan fingerprint density at radius 1 is 0.274 bits per heavy atom. The lowest BCUT2D eigenvalue weighted by Gasteiger charge is -2.30. The summed E-state index contributed by atoms with van der Waals surface area (Å²) in [5.74, 6) is 0. The molecule has 0 saturated carbocycles. The Bertz CT molecular complexity index is 3620. The van der Waals surface area contributed by atoms with Crippen LogP contribution in [0.1, 0.15) is 0 Å². The van der Waals surface area contributed by atoms with Gasteiger partial charge in [0, 0.05) is 27.6 Å². The van der Waals surface area contributed by atoms with Gasteiger partial charge in [0.15, 0.2) is 0 Å². The molecule has 0 saturated heterocycles. The van der Waals surface area contributed by atoms with Crippen LogP contribution in [0.25, 0.3) is 98.8 Å². The van der Waals surface area contributed by atoms with E-state index in [2.05, 4.69) is 241 Å².